The van der Waals surface area contributed by atoms with Crippen LogP contribution in [0, 0.1) is 6.92 Å². The van der Waals surface area contributed by atoms with E-state index >= 15 is 0 Å². The first-order valence-electron chi connectivity index (χ1n) is 7.36. The third-order valence-electron chi connectivity index (χ3n) is 4.15. The first kappa shape index (κ1) is 15.4. The number of aromatic hydroxyl groups is 1. The van der Waals surface area contributed by atoms with Gasteiger partial charge in [0.05, 0.1) is 23.6 Å². The summed E-state index contributed by atoms with van der Waals surface area (Å²) in [6, 6.07) is 0. The number of pyridine rings is 1. The Labute approximate surface area is 132 Å². The molecule has 0 saturated heterocycles. The number of aliphatic hydroxyl groups is 1. The number of nitrogens with zero attached hydrogens (tertiary/aromatic N) is 3. The van der Waals surface area contributed by atoms with Gasteiger partial charge in [0, 0.05) is 43.4 Å². The SMILES string of the molecule is Cc1ncc(CO)c(CN2CCc3nc(N)[nH]c(=O)c3C2)c1O. The number of hydrogen-bond acceptors (Lipinski definition) is 7. The molecule has 5 N–H and O–H groups in total. The number of aryl methyl sites for hydroxylation is 1. The van der Waals surface area contributed by atoms with Gasteiger partial charge in [0.15, 0.2) is 0 Å². The molecule has 23 heavy (non-hydrogen) atoms. The van der Waals surface area contributed by atoms with Gasteiger partial charge >= 0.3 is 0 Å². The fourth-order valence-electron chi connectivity index (χ4n) is 2.86. The lowest BCUT2D eigenvalue weighted by Crippen LogP contribution is -2.35. The maximum absolute atomic E-state index is 12.0. The van der Waals surface area contributed by atoms with Crippen LogP contribution in [0.5, 0.6) is 5.75 Å². The van der Waals surface area contributed by atoms with Crippen LogP contribution in [-0.4, -0.2) is 36.6 Å². The number of nitrogens with two attached hydrogens (primary N) is 1. The molecule has 0 aliphatic carbocycles. The molecule has 3 heterocycles. The van der Waals surface area contributed by atoms with Crippen molar-refractivity contribution >= 4 is 5.95 Å². The van der Waals surface area contributed by atoms with Gasteiger partial charge in [-0.25, -0.2) is 4.98 Å². The second kappa shape index (κ2) is 5.98. The Hall–Kier alpha value is -2.45. The summed E-state index contributed by atoms with van der Waals surface area (Å²) in [7, 11) is 0. The molecule has 8 nitrogen and oxygen atoms in total. The van der Waals surface area contributed by atoms with Gasteiger partial charge in [-0.15, -0.1) is 0 Å². The number of anilines is 1. The zero-order valence-corrected chi connectivity index (χ0v) is 12.8. The predicted octanol–water partition coefficient (Wildman–Crippen LogP) is -0.188. The van der Waals surface area contributed by atoms with Crippen molar-refractivity contribution < 1.29 is 10.2 Å². The summed E-state index contributed by atoms with van der Waals surface area (Å²) in [4.78, 5) is 24.8. The number of nitrogen functional groups attached to an aromatic ring is 1. The predicted molar refractivity (Wildman–Crippen MR) is 83.6 cm³/mol. The van der Waals surface area contributed by atoms with Gasteiger partial charge in [-0.3, -0.25) is 19.7 Å². The van der Waals surface area contributed by atoms with E-state index in [0.717, 1.165) is 5.69 Å². The van der Waals surface area contributed by atoms with Crippen LogP contribution in [0.15, 0.2) is 11.0 Å². The number of aromatic nitrogens is 3. The van der Waals surface area contributed by atoms with Crippen LogP contribution in [0.2, 0.25) is 0 Å². The lowest BCUT2D eigenvalue weighted by Gasteiger charge is -2.28. The summed E-state index contributed by atoms with van der Waals surface area (Å²) in [5.41, 5.74) is 8.40. The van der Waals surface area contributed by atoms with E-state index in [9.17, 15) is 15.0 Å². The molecule has 122 valence electrons. The van der Waals surface area contributed by atoms with Crippen molar-refractivity contribution in [2.75, 3.05) is 12.3 Å². The summed E-state index contributed by atoms with van der Waals surface area (Å²) in [6.07, 6.45) is 2.18. The van der Waals surface area contributed by atoms with Crippen molar-refractivity contribution in [3.8, 4) is 5.75 Å². The second-order valence-electron chi connectivity index (χ2n) is 5.69. The van der Waals surface area contributed by atoms with E-state index in [4.69, 9.17) is 5.73 Å². The van der Waals surface area contributed by atoms with E-state index in [1.54, 1.807) is 13.1 Å². The summed E-state index contributed by atoms with van der Waals surface area (Å²) >= 11 is 0. The van der Waals surface area contributed by atoms with Crippen molar-refractivity contribution in [3.63, 3.8) is 0 Å². The first-order valence-corrected chi connectivity index (χ1v) is 7.36. The second-order valence-corrected chi connectivity index (χ2v) is 5.69. The van der Waals surface area contributed by atoms with Crippen molar-refractivity contribution in [1.29, 1.82) is 0 Å². The fourth-order valence-corrected chi connectivity index (χ4v) is 2.86. The fraction of sp³-hybridized carbons (Fsp3) is 0.400. The van der Waals surface area contributed by atoms with Gasteiger partial charge in [-0.05, 0) is 6.92 Å². The number of rotatable bonds is 3. The van der Waals surface area contributed by atoms with Crippen molar-refractivity contribution in [2.24, 2.45) is 0 Å². The third-order valence-corrected chi connectivity index (χ3v) is 4.15. The zero-order chi connectivity index (χ0) is 16.6. The minimum atomic E-state index is -0.227. The molecule has 0 atom stereocenters. The molecular weight excluding hydrogens is 298 g/mol. The highest BCUT2D eigenvalue weighted by atomic mass is 16.3. The van der Waals surface area contributed by atoms with Crippen LogP contribution in [0.25, 0.3) is 0 Å². The highest BCUT2D eigenvalue weighted by molar-refractivity contribution is 5.40. The average Bonchev–Trinajstić information content (AvgIpc) is 2.52. The minimum absolute atomic E-state index is 0.0895. The number of fused-ring (bicyclic) bond motifs is 1. The van der Waals surface area contributed by atoms with Crippen molar-refractivity contribution in [3.05, 3.63) is 44.6 Å². The zero-order valence-electron chi connectivity index (χ0n) is 12.8. The maximum Gasteiger partial charge on any atom is 0.257 e. The summed E-state index contributed by atoms with van der Waals surface area (Å²) in [6.45, 7) is 3.05. The quantitative estimate of drug-likeness (QED) is 0.617. The molecule has 0 spiro atoms. The normalized spacial score (nSPS) is 14.7. The molecule has 1 aliphatic rings. The largest absolute Gasteiger partial charge is 0.506 e. The Morgan fingerprint density at radius 1 is 1.48 bits per heavy atom. The Morgan fingerprint density at radius 2 is 2.26 bits per heavy atom. The van der Waals surface area contributed by atoms with Crippen molar-refractivity contribution in [2.45, 2.75) is 33.0 Å². The van der Waals surface area contributed by atoms with E-state index in [2.05, 4.69) is 15.0 Å². The molecule has 0 fully saturated rings. The van der Waals surface area contributed by atoms with Gasteiger partial charge in [0.2, 0.25) is 5.95 Å². The van der Waals surface area contributed by atoms with Gasteiger partial charge < -0.3 is 15.9 Å². The third kappa shape index (κ3) is 2.90. The molecule has 0 radical (unpaired) electrons. The number of H-pyrrole nitrogens is 1. The number of aromatic amines is 1. The molecule has 8 heteroatoms. The molecule has 1 aliphatic heterocycles. The van der Waals surface area contributed by atoms with E-state index < -0.39 is 0 Å². The molecule has 0 bridgehead atoms. The molecular formula is C15H19N5O3. The van der Waals surface area contributed by atoms with Crippen molar-refractivity contribution in [1.82, 2.24) is 19.9 Å². The summed E-state index contributed by atoms with van der Waals surface area (Å²) < 4.78 is 0. The van der Waals surface area contributed by atoms with Gasteiger partial charge in [0.25, 0.3) is 5.56 Å². The molecule has 0 aromatic carbocycles. The molecule has 0 saturated carbocycles. The lowest BCUT2D eigenvalue weighted by atomic mass is 10.0. The minimum Gasteiger partial charge on any atom is -0.506 e. The summed E-state index contributed by atoms with van der Waals surface area (Å²) in [5, 5.41) is 19.7. The molecule has 0 amide bonds. The topological polar surface area (TPSA) is 128 Å². The standard InChI is InChI=1S/C15H19N5O3/c1-8-13(22)10(9(7-21)4-17-8)5-20-3-2-12-11(6-20)14(23)19-15(16)18-12/h4,21-22H,2-3,5-7H2,1H3,(H3,16,18,19,23). The van der Waals surface area contributed by atoms with Crippen LogP contribution in [-0.2, 0) is 26.1 Å². The van der Waals surface area contributed by atoms with Gasteiger partial charge in [-0.2, -0.15) is 0 Å². The van der Waals surface area contributed by atoms with Crippen LogP contribution >= 0.6 is 0 Å². The lowest BCUT2D eigenvalue weighted by molar-refractivity contribution is 0.232. The van der Waals surface area contributed by atoms with Crippen LogP contribution in [0.3, 0.4) is 0 Å². The highest BCUT2D eigenvalue weighted by Crippen LogP contribution is 2.27. The van der Waals surface area contributed by atoms with E-state index in [-0.39, 0.29) is 23.9 Å². The Balaban J connectivity index is 1.89. The van der Waals surface area contributed by atoms with E-state index in [1.165, 1.54) is 0 Å². The first-order chi connectivity index (χ1) is 11.0. The van der Waals surface area contributed by atoms with E-state index in [1.807, 2.05) is 4.90 Å². The Morgan fingerprint density at radius 3 is 3.00 bits per heavy atom. The number of nitrogens with one attached hydrogen (secondary N) is 1. The Kier molecular flexibility index (Phi) is 4.01. The number of hydrogen-bond donors (Lipinski definition) is 4. The maximum atomic E-state index is 12.0. The molecule has 3 rings (SSSR count). The Bertz CT molecular complexity index is 802. The highest BCUT2D eigenvalue weighted by Gasteiger charge is 2.23. The monoisotopic (exact) mass is 317 g/mol. The molecule has 2 aromatic heterocycles. The van der Waals surface area contributed by atoms with Crippen LogP contribution in [0.4, 0.5) is 5.95 Å². The number of aliphatic hydroxyl groups excluding tert-OH is 1. The molecule has 0 unspecified atom stereocenters. The smallest absolute Gasteiger partial charge is 0.257 e. The van der Waals surface area contributed by atoms with E-state index in [0.29, 0.717) is 48.4 Å². The average molecular weight is 317 g/mol. The van der Waals surface area contributed by atoms with Gasteiger partial charge in [0.1, 0.15) is 5.75 Å². The van der Waals surface area contributed by atoms with Crippen LogP contribution < -0.4 is 11.3 Å². The van der Waals surface area contributed by atoms with Crippen LogP contribution in [0.1, 0.15) is 28.1 Å². The summed E-state index contributed by atoms with van der Waals surface area (Å²) in [5.74, 6) is 0.221. The molecule has 2 aromatic rings. The van der Waals surface area contributed by atoms with Gasteiger partial charge in [-0.1, -0.05) is 0 Å².